The zero-order chi connectivity index (χ0) is 10.6. The molecule has 0 bridgehead atoms. The lowest BCUT2D eigenvalue weighted by atomic mass is 10.0. The van der Waals surface area contributed by atoms with Gasteiger partial charge in [0.15, 0.2) is 0 Å². The lowest BCUT2D eigenvalue weighted by molar-refractivity contribution is 0.667. The zero-order valence-corrected chi connectivity index (χ0v) is 9.01. The fourth-order valence-electron chi connectivity index (χ4n) is 1.30. The molecular formula is C12H14ClN. The van der Waals surface area contributed by atoms with Gasteiger partial charge in [0, 0.05) is 17.5 Å². The molecule has 74 valence electrons. The summed E-state index contributed by atoms with van der Waals surface area (Å²) in [5.74, 6) is 2.59. The third kappa shape index (κ3) is 2.77. The van der Waals surface area contributed by atoms with Crippen LogP contribution in [0.4, 0.5) is 0 Å². The highest BCUT2D eigenvalue weighted by atomic mass is 35.5. The van der Waals surface area contributed by atoms with Crippen LogP contribution in [-0.2, 0) is 0 Å². The van der Waals surface area contributed by atoms with E-state index in [1.807, 2.05) is 25.1 Å². The van der Waals surface area contributed by atoms with E-state index in [-0.39, 0.29) is 6.04 Å². The average Bonchev–Trinajstić information content (AvgIpc) is 2.18. The van der Waals surface area contributed by atoms with E-state index in [9.17, 15) is 0 Å². The van der Waals surface area contributed by atoms with Gasteiger partial charge in [-0.3, -0.25) is 0 Å². The summed E-state index contributed by atoms with van der Waals surface area (Å²) in [6, 6.07) is 5.86. The van der Waals surface area contributed by atoms with Crippen LogP contribution < -0.4 is 5.73 Å². The summed E-state index contributed by atoms with van der Waals surface area (Å²) in [4.78, 5) is 0. The molecule has 0 aliphatic heterocycles. The van der Waals surface area contributed by atoms with Gasteiger partial charge in [-0.25, -0.2) is 0 Å². The Morgan fingerprint density at radius 1 is 1.57 bits per heavy atom. The van der Waals surface area contributed by atoms with Crippen molar-refractivity contribution in [3.8, 4) is 12.3 Å². The summed E-state index contributed by atoms with van der Waals surface area (Å²) in [7, 11) is 0. The van der Waals surface area contributed by atoms with Crippen molar-refractivity contribution in [2.45, 2.75) is 25.8 Å². The quantitative estimate of drug-likeness (QED) is 0.758. The zero-order valence-electron chi connectivity index (χ0n) is 8.26. The van der Waals surface area contributed by atoms with E-state index < -0.39 is 0 Å². The molecule has 0 aliphatic carbocycles. The van der Waals surface area contributed by atoms with Crippen molar-refractivity contribution in [1.82, 2.24) is 0 Å². The summed E-state index contributed by atoms with van der Waals surface area (Å²) >= 11 is 5.92. The van der Waals surface area contributed by atoms with Gasteiger partial charge in [-0.05, 0) is 30.5 Å². The normalized spacial score (nSPS) is 12.1. The third-order valence-corrected chi connectivity index (χ3v) is 2.63. The standard InChI is InChI=1S/C12H14ClN/c1-3-4-5-12(14)10-6-7-11(13)9(2)8-10/h1,6-8,12H,4-5,14H2,2H3. The van der Waals surface area contributed by atoms with Crippen molar-refractivity contribution in [1.29, 1.82) is 0 Å². The molecule has 1 unspecified atom stereocenters. The number of hydrogen-bond acceptors (Lipinski definition) is 1. The van der Waals surface area contributed by atoms with Crippen LogP contribution in [-0.4, -0.2) is 0 Å². The Morgan fingerprint density at radius 2 is 2.29 bits per heavy atom. The third-order valence-electron chi connectivity index (χ3n) is 2.21. The number of halogens is 1. The Hall–Kier alpha value is -0.970. The van der Waals surface area contributed by atoms with Crippen LogP contribution >= 0.6 is 11.6 Å². The molecule has 2 heteroatoms. The molecule has 1 aromatic carbocycles. The minimum Gasteiger partial charge on any atom is -0.324 e. The Labute approximate surface area is 90.3 Å². The maximum atomic E-state index is 5.96. The number of rotatable bonds is 3. The maximum Gasteiger partial charge on any atom is 0.0435 e. The first-order valence-electron chi connectivity index (χ1n) is 4.60. The predicted octanol–water partition coefficient (Wildman–Crippen LogP) is 3.06. The minimum absolute atomic E-state index is 0.0158. The predicted molar refractivity (Wildman–Crippen MR) is 61.2 cm³/mol. The molecule has 14 heavy (non-hydrogen) atoms. The number of terminal acetylenes is 1. The largest absolute Gasteiger partial charge is 0.324 e. The summed E-state index contributed by atoms with van der Waals surface area (Å²) in [6.07, 6.45) is 6.71. The van der Waals surface area contributed by atoms with Gasteiger partial charge in [0.2, 0.25) is 0 Å². The number of nitrogens with two attached hydrogens (primary N) is 1. The van der Waals surface area contributed by atoms with Crippen LogP contribution in [0.3, 0.4) is 0 Å². The molecule has 0 aromatic heterocycles. The van der Waals surface area contributed by atoms with Gasteiger partial charge in [-0.2, -0.15) is 0 Å². The molecule has 0 spiro atoms. The maximum absolute atomic E-state index is 5.96. The summed E-state index contributed by atoms with van der Waals surface area (Å²) in [5, 5.41) is 0.776. The Morgan fingerprint density at radius 3 is 2.86 bits per heavy atom. The Balaban J connectivity index is 2.76. The van der Waals surface area contributed by atoms with E-state index in [0.29, 0.717) is 6.42 Å². The molecule has 2 N–H and O–H groups in total. The van der Waals surface area contributed by atoms with Crippen molar-refractivity contribution in [3.63, 3.8) is 0 Å². The molecule has 0 heterocycles. The van der Waals surface area contributed by atoms with Crippen LogP contribution in [0.5, 0.6) is 0 Å². The van der Waals surface area contributed by atoms with E-state index in [1.54, 1.807) is 0 Å². The summed E-state index contributed by atoms with van der Waals surface area (Å²) in [6.45, 7) is 1.97. The lowest BCUT2D eigenvalue weighted by Crippen LogP contribution is -2.09. The average molecular weight is 208 g/mol. The minimum atomic E-state index is 0.0158. The van der Waals surface area contributed by atoms with Gasteiger partial charge in [-0.15, -0.1) is 12.3 Å². The lowest BCUT2D eigenvalue weighted by Gasteiger charge is -2.11. The van der Waals surface area contributed by atoms with E-state index in [0.717, 1.165) is 22.6 Å². The van der Waals surface area contributed by atoms with Crippen molar-refractivity contribution in [2.75, 3.05) is 0 Å². The SMILES string of the molecule is C#CCCC(N)c1ccc(Cl)c(C)c1. The molecule has 1 nitrogen and oxygen atoms in total. The topological polar surface area (TPSA) is 26.0 Å². The van der Waals surface area contributed by atoms with E-state index in [4.69, 9.17) is 23.8 Å². The molecule has 0 saturated carbocycles. The van der Waals surface area contributed by atoms with Crippen LogP contribution in [0.2, 0.25) is 5.02 Å². The van der Waals surface area contributed by atoms with Crippen molar-refractivity contribution in [2.24, 2.45) is 5.73 Å². The summed E-state index contributed by atoms with van der Waals surface area (Å²) in [5.41, 5.74) is 8.12. The van der Waals surface area contributed by atoms with Crippen molar-refractivity contribution >= 4 is 11.6 Å². The van der Waals surface area contributed by atoms with Gasteiger partial charge in [0.1, 0.15) is 0 Å². The van der Waals surface area contributed by atoms with Gasteiger partial charge in [-0.1, -0.05) is 23.7 Å². The van der Waals surface area contributed by atoms with Gasteiger partial charge in [0.05, 0.1) is 0 Å². The molecule has 0 amide bonds. The second kappa shape index (κ2) is 5.05. The van der Waals surface area contributed by atoms with Crippen LogP contribution in [0, 0.1) is 19.3 Å². The smallest absolute Gasteiger partial charge is 0.0435 e. The molecular weight excluding hydrogens is 194 g/mol. The molecule has 1 rings (SSSR count). The van der Waals surface area contributed by atoms with Gasteiger partial charge >= 0.3 is 0 Å². The molecule has 0 radical (unpaired) electrons. The molecule has 0 fully saturated rings. The first-order valence-corrected chi connectivity index (χ1v) is 4.98. The first-order chi connectivity index (χ1) is 6.65. The highest BCUT2D eigenvalue weighted by Crippen LogP contribution is 2.21. The number of hydrogen-bond donors (Lipinski definition) is 1. The number of benzene rings is 1. The fourth-order valence-corrected chi connectivity index (χ4v) is 1.42. The Kier molecular flexibility index (Phi) is 4.00. The molecule has 0 saturated heterocycles. The number of aryl methyl sites for hydroxylation is 1. The highest BCUT2D eigenvalue weighted by molar-refractivity contribution is 6.31. The van der Waals surface area contributed by atoms with Crippen molar-refractivity contribution < 1.29 is 0 Å². The molecule has 1 atom stereocenters. The molecule has 0 aliphatic rings. The molecule has 1 aromatic rings. The van der Waals surface area contributed by atoms with Crippen LogP contribution in [0.25, 0.3) is 0 Å². The van der Waals surface area contributed by atoms with Crippen LogP contribution in [0.15, 0.2) is 18.2 Å². The Bertz CT molecular complexity index is 352. The van der Waals surface area contributed by atoms with E-state index in [2.05, 4.69) is 5.92 Å². The van der Waals surface area contributed by atoms with Crippen LogP contribution in [0.1, 0.15) is 30.0 Å². The monoisotopic (exact) mass is 207 g/mol. The first kappa shape index (κ1) is 11.1. The van der Waals surface area contributed by atoms with E-state index >= 15 is 0 Å². The van der Waals surface area contributed by atoms with Crippen molar-refractivity contribution in [3.05, 3.63) is 34.3 Å². The van der Waals surface area contributed by atoms with E-state index in [1.165, 1.54) is 0 Å². The fraction of sp³-hybridized carbons (Fsp3) is 0.333. The second-order valence-electron chi connectivity index (χ2n) is 3.36. The highest BCUT2D eigenvalue weighted by Gasteiger charge is 2.06. The second-order valence-corrected chi connectivity index (χ2v) is 3.77. The van der Waals surface area contributed by atoms with Gasteiger partial charge in [0.25, 0.3) is 0 Å². The van der Waals surface area contributed by atoms with Gasteiger partial charge < -0.3 is 5.73 Å². The summed E-state index contributed by atoms with van der Waals surface area (Å²) < 4.78 is 0.